The summed E-state index contributed by atoms with van der Waals surface area (Å²) < 4.78 is 0. The van der Waals surface area contributed by atoms with Crippen LogP contribution in [-0.2, 0) is 16.8 Å². The van der Waals surface area contributed by atoms with Gasteiger partial charge in [0.15, 0.2) is 0 Å². The van der Waals surface area contributed by atoms with Gasteiger partial charge in [0.25, 0.3) is 0 Å². The molecule has 0 fully saturated rings. The molecule has 0 aliphatic rings. The molecule has 0 atom stereocenters. The summed E-state index contributed by atoms with van der Waals surface area (Å²) in [5.74, 6) is -1.24. The van der Waals surface area contributed by atoms with Gasteiger partial charge in [-0.05, 0) is 0 Å². The van der Waals surface area contributed by atoms with Gasteiger partial charge in [-0.2, -0.15) is 6.07 Å². The van der Waals surface area contributed by atoms with Crippen molar-refractivity contribution < 1.29 is 32.1 Å². The number of aromatic hydroxyl groups is 3. The summed E-state index contributed by atoms with van der Waals surface area (Å²) in [6.45, 7) is 0. The molecule has 1 aromatic rings. The molecule has 0 aliphatic heterocycles. The normalized spacial score (nSPS) is 8.40. The molecular formula is C6H5CoO3-. The van der Waals surface area contributed by atoms with E-state index >= 15 is 0 Å². The van der Waals surface area contributed by atoms with Crippen LogP contribution in [0, 0.1) is 6.07 Å². The molecule has 1 aromatic carbocycles. The predicted molar refractivity (Wildman–Crippen MR) is 30.3 cm³/mol. The molecule has 0 amide bonds. The van der Waals surface area contributed by atoms with Crippen molar-refractivity contribution in [2.24, 2.45) is 0 Å². The molecule has 3 nitrogen and oxygen atoms in total. The van der Waals surface area contributed by atoms with Gasteiger partial charge in [-0.25, -0.2) is 0 Å². The van der Waals surface area contributed by atoms with E-state index in [9.17, 15) is 0 Å². The molecule has 0 bridgehead atoms. The molecule has 1 rings (SSSR count). The Labute approximate surface area is 68.1 Å². The molecule has 0 unspecified atom stereocenters. The number of phenolic OH excluding ortho intramolecular Hbond substituents is 3. The first kappa shape index (κ1) is 9.13. The minimum Gasteiger partial charge on any atom is -0.562 e. The largest absolute Gasteiger partial charge is 0.562 e. The van der Waals surface area contributed by atoms with Crippen LogP contribution in [0.3, 0.4) is 0 Å². The third-order valence-electron chi connectivity index (χ3n) is 0.925. The number of hydrogen-bond acceptors (Lipinski definition) is 3. The fraction of sp³-hybridized carbons (Fsp3) is 0. The van der Waals surface area contributed by atoms with Gasteiger partial charge in [-0.1, -0.05) is 0 Å². The third kappa shape index (κ3) is 1.55. The van der Waals surface area contributed by atoms with Gasteiger partial charge in [-0.15, -0.1) is 12.1 Å². The van der Waals surface area contributed by atoms with Crippen molar-refractivity contribution in [3.63, 3.8) is 0 Å². The molecule has 10 heavy (non-hydrogen) atoms. The Hall–Kier alpha value is -0.874. The van der Waals surface area contributed by atoms with Gasteiger partial charge in [0.1, 0.15) is 0 Å². The van der Waals surface area contributed by atoms with Crippen molar-refractivity contribution in [1.29, 1.82) is 0 Å². The number of hydrogen-bond donors (Lipinski definition) is 3. The Morgan fingerprint density at radius 1 is 1.00 bits per heavy atom. The smallest absolute Gasteiger partial charge is 0.0886 e. The van der Waals surface area contributed by atoms with E-state index < -0.39 is 5.75 Å². The van der Waals surface area contributed by atoms with Crippen LogP contribution in [-0.4, -0.2) is 15.3 Å². The summed E-state index contributed by atoms with van der Waals surface area (Å²) >= 11 is 0. The van der Waals surface area contributed by atoms with E-state index in [1.165, 1.54) is 0 Å². The van der Waals surface area contributed by atoms with Gasteiger partial charge < -0.3 is 15.3 Å². The van der Waals surface area contributed by atoms with Crippen LogP contribution in [0.2, 0.25) is 0 Å². The van der Waals surface area contributed by atoms with Gasteiger partial charge in [0.05, 0.1) is 5.75 Å². The zero-order valence-electron chi connectivity index (χ0n) is 4.83. The van der Waals surface area contributed by atoms with Crippen LogP contribution in [0.15, 0.2) is 12.1 Å². The third-order valence-corrected chi connectivity index (χ3v) is 0.925. The topological polar surface area (TPSA) is 60.7 Å². The van der Waals surface area contributed by atoms with E-state index in [4.69, 9.17) is 15.3 Å². The monoisotopic (exact) mass is 184 g/mol. The van der Waals surface area contributed by atoms with Crippen LogP contribution in [0.4, 0.5) is 0 Å². The van der Waals surface area contributed by atoms with Crippen LogP contribution in [0.5, 0.6) is 17.2 Å². The maximum absolute atomic E-state index is 8.69. The Bertz CT molecular complexity index is 204. The quantitative estimate of drug-likeness (QED) is 0.408. The van der Waals surface area contributed by atoms with Gasteiger partial charge in [-0.3, -0.25) is 0 Å². The van der Waals surface area contributed by atoms with Crippen molar-refractivity contribution in [3.05, 3.63) is 18.2 Å². The second-order valence-electron chi connectivity index (χ2n) is 1.57. The van der Waals surface area contributed by atoms with Crippen LogP contribution in [0.1, 0.15) is 0 Å². The number of rotatable bonds is 0. The molecular weight excluding hydrogens is 179 g/mol. The van der Waals surface area contributed by atoms with E-state index in [2.05, 4.69) is 6.07 Å². The number of benzene rings is 1. The first-order valence-corrected chi connectivity index (χ1v) is 2.33. The molecule has 0 spiro atoms. The summed E-state index contributed by atoms with van der Waals surface area (Å²) in [6.07, 6.45) is 0. The van der Waals surface area contributed by atoms with Crippen molar-refractivity contribution >= 4 is 0 Å². The molecule has 0 saturated carbocycles. The first-order chi connectivity index (χ1) is 4.22. The van der Waals surface area contributed by atoms with Gasteiger partial charge >= 0.3 is 0 Å². The van der Waals surface area contributed by atoms with Crippen molar-refractivity contribution in [2.75, 3.05) is 0 Å². The maximum atomic E-state index is 8.69. The SMILES string of the molecule is Oc1c[c-]cc(O)c1O.[Co]. The minimum absolute atomic E-state index is 0. The van der Waals surface area contributed by atoms with Gasteiger partial charge in [0, 0.05) is 28.3 Å². The summed E-state index contributed by atoms with van der Waals surface area (Å²) in [6, 6.07) is 4.73. The van der Waals surface area contributed by atoms with Crippen molar-refractivity contribution in [3.8, 4) is 17.2 Å². The van der Waals surface area contributed by atoms with E-state index in [-0.39, 0.29) is 28.3 Å². The Morgan fingerprint density at radius 3 is 1.70 bits per heavy atom. The van der Waals surface area contributed by atoms with E-state index in [0.717, 1.165) is 12.1 Å². The van der Waals surface area contributed by atoms with Crippen LogP contribution < -0.4 is 0 Å². The molecule has 1 radical (unpaired) electrons. The Balaban J connectivity index is 0.000000810. The van der Waals surface area contributed by atoms with Crippen LogP contribution in [0.25, 0.3) is 0 Å². The zero-order valence-corrected chi connectivity index (χ0v) is 5.87. The zero-order chi connectivity index (χ0) is 6.85. The van der Waals surface area contributed by atoms with E-state index in [1.54, 1.807) is 0 Å². The average molecular weight is 184 g/mol. The molecule has 3 N–H and O–H groups in total. The minimum atomic E-state index is -0.506. The molecule has 4 heteroatoms. The fourth-order valence-electron chi connectivity index (χ4n) is 0.467. The van der Waals surface area contributed by atoms with Crippen LogP contribution >= 0.6 is 0 Å². The summed E-state index contributed by atoms with van der Waals surface area (Å²) in [4.78, 5) is 0. The second-order valence-corrected chi connectivity index (χ2v) is 1.57. The first-order valence-electron chi connectivity index (χ1n) is 2.33. The van der Waals surface area contributed by atoms with E-state index in [0.29, 0.717) is 0 Å². The molecule has 0 heterocycles. The Morgan fingerprint density at radius 2 is 1.40 bits per heavy atom. The van der Waals surface area contributed by atoms with Crippen molar-refractivity contribution in [2.45, 2.75) is 0 Å². The Kier molecular flexibility index (Phi) is 3.04. The second kappa shape index (κ2) is 3.33. The summed E-state index contributed by atoms with van der Waals surface area (Å²) in [5.41, 5.74) is 0. The summed E-state index contributed by atoms with van der Waals surface area (Å²) in [5, 5.41) is 26.0. The molecule has 0 aliphatic carbocycles. The molecule has 57 valence electrons. The maximum Gasteiger partial charge on any atom is 0.0886 e. The average Bonchev–Trinajstić information content (AvgIpc) is 1.83. The predicted octanol–water partition coefficient (Wildman–Crippen LogP) is 0.601. The standard InChI is InChI=1S/C6H5O3.Co/c7-4-2-1-3-5(8)6(4)9;/h2-3,7-9H;/q-1;. The molecule has 0 saturated heterocycles. The molecule has 0 aromatic heterocycles. The van der Waals surface area contributed by atoms with Crippen molar-refractivity contribution in [1.82, 2.24) is 0 Å². The fourth-order valence-corrected chi connectivity index (χ4v) is 0.467. The van der Waals surface area contributed by atoms with E-state index in [1.807, 2.05) is 0 Å². The van der Waals surface area contributed by atoms with Gasteiger partial charge in [0.2, 0.25) is 0 Å². The number of phenols is 3. The summed E-state index contributed by atoms with van der Waals surface area (Å²) in [7, 11) is 0.